The van der Waals surface area contributed by atoms with Crippen molar-refractivity contribution in [3.05, 3.63) is 0 Å². The van der Waals surface area contributed by atoms with Crippen LogP contribution in [0.4, 0.5) is 0 Å². The van der Waals surface area contributed by atoms with Crippen LogP contribution in [0.5, 0.6) is 0 Å². The average Bonchev–Trinajstić information content (AvgIpc) is 2.58. The summed E-state index contributed by atoms with van der Waals surface area (Å²) in [6.45, 7) is 6.99. The summed E-state index contributed by atoms with van der Waals surface area (Å²) in [5.74, 6) is 0.788. The highest BCUT2D eigenvalue weighted by Crippen LogP contribution is 2.21. The van der Waals surface area contributed by atoms with E-state index in [1.54, 1.807) is 0 Å². The van der Waals surface area contributed by atoms with Crippen molar-refractivity contribution < 1.29 is 9.53 Å². The molecule has 0 aromatic carbocycles. The second-order valence-electron chi connectivity index (χ2n) is 5.21. The fourth-order valence-electron chi connectivity index (χ4n) is 2.47. The molecule has 0 spiro atoms. The van der Waals surface area contributed by atoms with E-state index in [4.69, 9.17) is 4.74 Å². The number of amides is 1. The molecule has 0 aromatic rings. The second-order valence-corrected chi connectivity index (χ2v) is 5.21. The Labute approximate surface area is 109 Å². The number of hydrogen-bond acceptors (Lipinski definition) is 3. The zero-order valence-electron chi connectivity index (χ0n) is 10.6. The Morgan fingerprint density at radius 1 is 1.41 bits per heavy atom. The molecule has 3 aliphatic heterocycles. The van der Waals surface area contributed by atoms with E-state index in [0.717, 1.165) is 19.6 Å². The summed E-state index contributed by atoms with van der Waals surface area (Å²) < 4.78 is 5.38. The third kappa shape index (κ3) is 4.12. The van der Waals surface area contributed by atoms with Crippen LogP contribution in [-0.2, 0) is 9.53 Å². The number of fused-ring (bicyclic) bond motifs is 4. The Morgan fingerprint density at radius 2 is 2.18 bits per heavy atom. The molecule has 1 amide bonds. The highest BCUT2D eigenvalue weighted by atomic mass is 35.5. The fraction of sp³-hybridized carbons (Fsp3) is 0.917. The van der Waals surface area contributed by atoms with Crippen LogP contribution in [-0.4, -0.2) is 49.2 Å². The lowest BCUT2D eigenvalue weighted by molar-refractivity contribution is -0.137. The third-order valence-corrected chi connectivity index (χ3v) is 3.43. The summed E-state index contributed by atoms with van der Waals surface area (Å²) in [6, 6.07) is 0.502. The van der Waals surface area contributed by atoms with Crippen molar-refractivity contribution in [2.45, 2.75) is 38.8 Å². The van der Waals surface area contributed by atoms with Gasteiger partial charge in [-0.15, -0.1) is 12.4 Å². The third-order valence-electron chi connectivity index (χ3n) is 3.43. The molecule has 0 aromatic heterocycles. The molecule has 4 nitrogen and oxygen atoms in total. The van der Waals surface area contributed by atoms with Crippen molar-refractivity contribution in [3.8, 4) is 0 Å². The summed E-state index contributed by atoms with van der Waals surface area (Å²) in [5, 5.41) is 3.50. The number of rotatable bonds is 3. The van der Waals surface area contributed by atoms with E-state index in [1.165, 1.54) is 12.8 Å². The predicted octanol–water partition coefficient (Wildman–Crippen LogP) is 1.04. The Morgan fingerprint density at radius 3 is 2.76 bits per heavy atom. The minimum Gasteiger partial charge on any atom is -0.369 e. The quantitative estimate of drug-likeness (QED) is 0.827. The Balaban J connectivity index is 0.00000144. The zero-order chi connectivity index (χ0) is 11.5. The van der Waals surface area contributed by atoms with Gasteiger partial charge in [-0.1, -0.05) is 0 Å². The average molecular weight is 263 g/mol. The van der Waals surface area contributed by atoms with E-state index in [1.807, 2.05) is 18.7 Å². The van der Waals surface area contributed by atoms with Gasteiger partial charge in [0.2, 0.25) is 5.91 Å². The maximum atomic E-state index is 11.9. The standard InChI is InChI=1S/C12H22N2O2.ClH/c1-9(2)16-8-12(15)14-6-10-3-4-11(7-14)13-5-10;/h9-11,13H,3-8H2,1-2H3;1H/t10-,11-;/m0./s1. The molecular formula is C12H23ClN2O2. The van der Waals surface area contributed by atoms with E-state index in [0.29, 0.717) is 12.0 Å². The molecule has 0 radical (unpaired) electrons. The molecule has 0 saturated carbocycles. The van der Waals surface area contributed by atoms with Gasteiger partial charge >= 0.3 is 0 Å². The maximum Gasteiger partial charge on any atom is 0.248 e. The van der Waals surface area contributed by atoms with Gasteiger partial charge in [-0.05, 0) is 39.2 Å². The van der Waals surface area contributed by atoms with Gasteiger partial charge in [0.05, 0.1) is 6.10 Å². The highest BCUT2D eigenvalue weighted by Gasteiger charge is 2.31. The van der Waals surface area contributed by atoms with Crippen LogP contribution in [0.15, 0.2) is 0 Å². The zero-order valence-corrected chi connectivity index (χ0v) is 11.5. The van der Waals surface area contributed by atoms with Crippen molar-refractivity contribution in [2.75, 3.05) is 26.2 Å². The van der Waals surface area contributed by atoms with E-state index in [2.05, 4.69) is 5.32 Å². The van der Waals surface area contributed by atoms with Crippen LogP contribution in [0, 0.1) is 5.92 Å². The number of hydrogen-bond donors (Lipinski definition) is 1. The number of halogens is 1. The van der Waals surface area contributed by atoms with Crippen molar-refractivity contribution in [1.29, 1.82) is 0 Å². The smallest absolute Gasteiger partial charge is 0.248 e. The van der Waals surface area contributed by atoms with Gasteiger partial charge in [0.1, 0.15) is 6.61 Å². The first kappa shape index (κ1) is 14.7. The first-order valence-corrected chi connectivity index (χ1v) is 6.28. The van der Waals surface area contributed by atoms with E-state index in [-0.39, 0.29) is 31.0 Å². The lowest BCUT2D eigenvalue weighted by atomic mass is 9.97. The SMILES string of the molecule is CC(C)OCC(=O)N1C[C@H]2CC[C@@H](C1)NC2.Cl. The normalized spacial score (nSPS) is 27.8. The molecule has 5 heteroatoms. The number of ether oxygens (including phenoxy) is 1. The molecule has 3 saturated heterocycles. The first-order chi connectivity index (χ1) is 7.65. The van der Waals surface area contributed by atoms with Gasteiger partial charge in [-0.3, -0.25) is 4.79 Å². The van der Waals surface area contributed by atoms with Crippen LogP contribution in [0.2, 0.25) is 0 Å². The minimum atomic E-state index is 0. The molecular weight excluding hydrogens is 240 g/mol. The Bertz CT molecular complexity index is 239. The first-order valence-electron chi connectivity index (χ1n) is 6.28. The van der Waals surface area contributed by atoms with Crippen molar-refractivity contribution in [1.82, 2.24) is 10.2 Å². The topological polar surface area (TPSA) is 41.6 Å². The molecule has 2 bridgehead atoms. The number of carbonyl (C=O) groups is 1. The number of piperidine rings is 1. The Kier molecular flexibility index (Phi) is 5.70. The summed E-state index contributed by atoms with van der Waals surface area (Å²) in [7, 11) is 0. The lowest BCUT2D eigenvalue weighted by Crippen LogP contribution is -2.41. The van der Waals surface area contributed by atoms with Gasteiger partial charge in [0.15, 0.2) is 0 Å². The van der Waals surface area contributed by atoms with Crippen LogP contribution in [0.25, 0.3) is 0 Å². The van der Waals surface area contributed by atoms with Crippen molar-refractivity contribution >= 4 is 18.3 Å². The van der Waals surface area contributed by atoms with E-state index >= 15 is 0 Å². The maximum absolute atomic E-state index is 11.9. The summed E-state index contributed by atoms with van der Waals surface area (Å²) in [5.41, 5.74) is 0. The lowest BCUT2D eigenvalue weighted by Gasteiger charge is -2.23. The van der Waals surface area contributed by atoms with Crippen LogP contribution in [0.1, 0.15) is 26.7 Å². The molecule has 3 aliphatic rings. The second kappa shape index (κ2) is 6.57. The molecule has 0 aliphatic carbocycles. The van der Waals surface area contributed by atoms with Gasteiger partial charge in [-0.25, -0.2) is 0 Å². The molecule has 17 heavy (non-hydrogen) atoms. The molecule has 1 N–H and O–H groups in total. The number of carbonyl (C=O) groups excluding carboxylic acids is 1. The van der Waals surface area contributed by atoms with E-state index in [9.17, 15) is 4.79 Å². The minimum absolute atomic E-state index is 0. The molecule has 100 valence electrons. The summed E-state index contributed by atoms with van der Waals surface area (Å²) in [6.07, 6.45) is 2.59. The molecule has 2 atom stereocenters. The summed E-state index contributed by atoms with van der Waals surface area (Å²) in [4.78, 5) is 13.9. The Hall–Kier alpha value is -0.320. The molecule has 3 fully saturated rings. The van der Waals surface area contributed by atoms with Gasteiger partial charge < -0.3 is 15.0 Å². The van der Waals surface area contributed by atoms with Crippen LogP contribution < -0.4 is 5.32 Å². The number of nitrogens with zero attached hydrogens (tertiary/aromatic N) is 1. The predicted molar refractivity (Wildman–Crippen MR) is 69.4 cm³/mol. The van der Waals surface area contributed by atoms with Gasteiger partial charge in [0, 0.05) is 19.1 Å². The van der Waals surface area contributed by atoms with Crippen molar-refractivity contribution in [3.63, 3.8) is 0 Å². The monoisotopic (exact) mass is 262 g/mol. The largest absolute Gasteiger partial charge is 0.369 e. The summed E-state index contributed by atoms with van der Waals surface area (Å²) >= 11 is 0. The van der Waals surface area contributed by atoms with E-state index < -0.39 is 0 Å². The van der Waals surface area contributed by atoms with Gasteiger partial charge in [-0.2, -0.15) is 0 Å². The molecule has 0 unspecified atom stereocenters. The number of nitrogens with one attached hydrogen (secondary N) is 1. The van der Waals surface area contributed by atoms with Gasteiger partial charge in [0.25, 0.3) is 0 Å². The molecule has 3 rings (SSSR count). The fourth-order valence-corrected chi connectivity index (χ4v) is 2.47. The van der Waals surface area contributed by atoms with Crippen LogP contribution >= 0.6 is 12.4 Å². The highest BCUT2D eigenvalue weighted by molar-refractivity contribution is 5.85. The van der Waals surface area contributed by atoms with Crippen LogP contribution in [0.3, 0.4) is 0 Å². The molecule has 3 heterocycles. The van der Waals surface area contributed by atoms with Crippen molar-refractivity contribution in [2.24, 2.45) is 5.92 Å².